The average molecular weight is 280 g/mol. The number of nitrogens with one attached hydrogen (secondary N) is 1. The van der Waals surface area contributed by atoms with E-state index in [9.17, 15) is 0 Å². The molecule has 0 amide bonds. The number of ether oxygens (including phenoxy) is 1. The predicted molar refractivity (Wildman–Crippen MR) is 78.3 cm³/mol. The van der Waals surface area contributed by atoms with E-state index in [4.69, 9.17) is 16.3 Å². The molecule has 0 bridgehead atoms. The molecule has 0 aliphatic rings. The molecule has 2 rings (SSSR count). The van der Waals surface area contributed by atoms with E-state index in [0.29, 0.717) is 6.61 Å². The Morgan fingerprint density at radius 3 is 2.68 bits per heavy atom. The van der Waals surface area contributed by atoms with Gasteiger partial charge in [-0.2, -0.15) is 0 Å². The maximum Gasteiger partial charge on any atom is 0.207 e. The molecule has 102 valence electrons. The van der Waals surface area contributed by atoms with E-state index >= 15 is 0 Å². The van der Waals surface area contributed by atoms with Gasteiger partial charge in [0.2, 0.25) is 5.95 Å². The number of halogens is 1. The number of anilines is 2. The lowest BCUT2D eigenvalue weighted by atomic mass is 10.3. The van der Waals surface area contributed by atoms with E-state index in [1.165, 1.54) is 0 Å². The molecule has 1 aromatic carbocycles. The Kier molecular flexibility index (Phi) is 4.45. The second-order valence-corrected chi connectivity index (χ2v) is 4.99. The lowest BCUT2D eigenvalue weighted by Crippen LogP contribution is -2.12. The SMILES string of the molecule is COCC(C)n1cc(C)nc1Nc1ccc(Cl)cc1. The van der Waals surface area contributed by atoms with E-state index in [1.54, 1.807) is 7.11 Å². The van der Waals surface area contributed by atoms with Crippen molar-refractivity contribution in [2.75, 3.05) is 19.0 Å². The summed E-state index contributed by atoms with van der Waals surface area (Å²) in [5.74, 6) is 0.810. The molecule has 4 nitrogen and oxygen atoms in total. The molecule has 0 aliphatic carbocycles. The lowest BCUT2D eigenvalue weighted by Gasteiger charge is -2.16. The molecule has 1 N–H and O–H groups in total. The molecular weight excluding hydrogens is 262 g/mol. The van der Waals surface area contributed by atoms with Crippen molar-refractivity contribution in [1.29, 1.82) is 0 Å². The van der Waals surface area contributed by atoms with Crippen LogP contribution in [0.4, 0.5) is 11.6 Å². The van der Waals surface area contributed by atoms with Crippen molar-refractivity contribution in [3.05, 3.63) is 41.2 Å². The molecule has 1 heterocycles. The van der Waals surface area contributed by atoms with Crippen LogP contribution >= 0.6 is 11.6 Å². The fraction of sp³-hybridized carbons (Fsp3) is 0.357. The first-order chi connectivity index (χ1) is 9.10. The lowest BCUT2D eigenvalue weighted by molar-refractivity contribution is 0.163. The van der Waals surface area contributed by atoms with Gasteiger partial charge in [0.1, 0.15) is 0 Å². The fourth-order valence-corrected chi connectivity index (χ4v) is 2.05. The van der Waals surface area contributed by atoms with Crippen LogP contribution in [0.5, 0.6) is 0 Å². The van der Waals surface area contributed by atoms with Gasteiger partial charge in [-0.3, -0.25) is 0 Å². The van der Waals surface area contributed by atoms with Gasteiger partial charge < -0.3 is 14.6 Å². The first-order valence-electron chi connectivity index (χ1n) is 6.17. The minimum Gasteiger partial charge on any atom is -0.383 e. The van der Waals surface area contributed by atoms with Gasteiger partial charge in [0.25, 0.3) is 0 Å². The van der Waals surface area contributed by atoms with Gasteiger partial charge in [-0.05, 0) is 38.1 Å². The molecule has 0 saturated carbocycles. The van der Waals surface area contributed by atoms with Gasteiger partial charge in [0, 0.05) is 24.0 Å². The molecule has 1 aromatic heterocycles. The van der Waals surface area contributed by atoms with Crippen LogP contribution in [0, 0.1) is 6.92 Å². The third-order valence-electron chi connectivity index (χ3n) is 2.84. The molecule has 0 saturated heterocycles. The normalized spacial score (nSPS) is 12.4. The van der Waals surface area contributed by atoms with E-state index < -0.39 is 0 Å². The minimum absolute atomic E-state index is 0.223. The van der Waals surface area contributed by atoms with E-state index in [1.807, 2.05) is 37.4 Å². The summed E-state index contributed by atoms with van der Waals surface area (Å²) in [6, 6.07) is 7.78. The van der Waals surface area contributed by atoms with Crippen molar-refractivity contribution in [3.8, 4) is 0 Å². The Hall–Kier alpha value is -1.52. The Labute approximate surface area is 118 Å². The molecule has 0 spiro atoms. The summed E-state index contributed by atoms with van der Waals surface area (Å²) in [7, 11) is 1.70. The van der Waals surface area contributed by atoms with E-state index in [0.717, 1.165) is 22.4 Å². The summed E-state index contributed by atoms with van der Waals surface area (Å²) in [5.41, 5.74) is 1.93. The van der Waals surface area contributed by atoms with Crippen LogP contribution in [0.3, 0.4) is 0 Å². The van der Waals surface area contributed by atoms with E-state index in [-0.39, 0.29) is 6.04 Å². The Morgan fingerprint density at radius 1 is 1.37 bits per heavy atom. The predicted octanol–water partition coefficient (Wildman–Crippen LogP) is 3.80. The second kappa shape index (κ2) is 6.08. The molecule has 0 fully saturated rings. The summed E-state index contributed by atoms with van der Waals surface area (Å²) in [4.78, 5) is 4.49. The minimum atomic E-state index is 0.223. The van der Waals surface area contributed by atoms with Gasteiger partial charge >= 0.3 is 0 Å². The number of aromatic nitrogens is 2. The first-order valence-corrected chi connectivity index (χ1v) is 6.55. The van der Waals surface area contributed by atoms with Gasteiger partial charge in [0.15, 0.2) is 0 Å². The highest BCUT2D eigenvalue weighted by atomic mass is 35.5. The zero-order valence-electron chi connectivity index (χ0n) is 11.4. The average Bonchev–Trinajstić information content (AvgIpc) is 2.74. The van der Waals surface area contributed by atoms with Crippen molar-refractivity contribution in [1.82, 2.24) is 9.55 Å². The molecule has 0 radical (unpaired) electrons. The molecule has 1 atom stereocenters. The number of aryl methyl sites for hydroxylation is 1. The van der Waals surface area contributed by atoms with Crippen LogP contribution in [0.2, 0.25) is 5.02 Å². The zero-order valence-corrected chi connectivity index (χ0v) is 12.1. The van der Waals surface area contributed by atoms with Gasteiger partial charge in [-0.25, -0.2) is 4.98 Å². The van der Waals surface area contributed by atoms with Crippen molar-refractivity contribution < 1.29 is 4.74 Å². The summed E-state index contributed by atoms with van der Waals surface area (Å²) in [6.07, 6.45) is 2.02. The number of methoxy groups -OCH3 is 1. The number of nitrogens with zero attached hydrogens (tertiary/aromatic N) is 2. The Bertz CT molecular complexity index is 536. The number of benzene rings is 1. The van der Waals surface area contributed by atoms with Crippen molar-refractivity contribution in [2.24, 2.45) is 0 Å². The van der Waals surface area contributed by atoms with Gasteiger partial charge in [-0.1, -0.05) is 11.6 Å². The number of hydrogen-bond acceptors (Lipinski definition) is 3. The van der Waals surface area contributed by atoms with Gasteiger partial charge in [-0.15, -0.1) is 0 Å². The third-order valence-corrected chi connectivity index (χ3v) is 3.09. The Balaban J connectivity index is 2.22. The van der Waals surface area contributed by atoms with Crippen LogP contribution in [-0.4, -0.2) is 23.3 Å². The van der Waals surface area contributed by atoms with Crippen LogP contribution in [-0.2, 0) is 4.74 Å². The first kappa shape index (κ1) is 13.9. The standard InChI is InChI=1S/C14H18ClN3O/c1-10-8-18(11(2)9-19-3)14(16-10)17-13-6-4-12(15)5-7-13/h4-8,11H,9H2,1-3H3,(H,16,17). The zero-order chi connectivity index (χ0) is 13.8. The number of hydrogen-bond donors (Lipinski definition) is 1. The molecular formula is C14H18ClN3O. The maximum absolute atomic E-state index is 5.88. The van der Waals surface area contributed by atoms with Crippen LogP contribution in [0.25, 0.3) is 0 Å². The summed E-state index contributed by atoms with van der Waals surface area (Å²) in [5, 5.41) is 4.02. The molecule has 1 unspecified atom stereocenters. The van der Waals surface area contributed by atoms with Crippen molar-refractivity contribution in [2.45, 2.75) is 19.9 Å². The number of rotatable bonds is 5. The van der Waals surface area contributed by atoms with Crippen LogP contribution in [0.15, 0.2) is 30.5 Å². The highest BCUT2D eigenvalue weighted by Crippen LogP contribution is 2.21. The molecule has 5 heteroatoms. The smallest absolute Gasteiger partial charge is 0.207 e. The van der Waals surface area contributed by atoms with E-state index in [2.05, 4.69) is 21.8 Å². The molecule has 0 aliphatic heterocycles. The molecule has 2 aromatic rings. The van der Waals surface area contributed by atoms with Crippen molar-refractivity contribution in [3.63, 3.8) is 0 Å². The van der Waals surface area contributed by atoms with Crippen LogP contribution in [0.1, 0.15) is 18.7 Å². The summed E-state index contributed by atoms with van der Waals surface area (Å²) in [6.45, 7) is 4.71. The van der Waals surface area contributed by atoms with Crippen LogP contribution < -0.4 is 5.32 Å². The Morgan fingerprint density at radius 2 is 2.05 bits per heavy atom. The summed E-state index contributed by atoms with van der Waals surface area (Å²) < 4.78 is 7.27. The van der Waals surface area contributed by atoms with Gasteiger partial charge in [0.05, 0.1) is 18.3 Å². The number of imidazole rings is 1. The highest BCUT2D eigenvalue weighted by molar-refractivity contribution is 6.30. The molecule has 19 heavy (non-hydrogen) atoms. The third kappa shape index (κ3) is 3.49. The largest absolute Gasteiger partial charge is 0.383 e. The summed E-state index contributed by atoms with van der Waals surface area (Å²) >= 11 is 5.88. The monoisotopic (exact) mass is 279 g/mol. The fourth-order valence-electron chi connectivity index (χ4n) is 1.93. The second-order valence-electron chi connectivity index (χ2n) is 4.55. The topological polar surface area (TPSA) is 39.1 Å². The highest BCUT2D eigenvalue weighted by Gasteiger charge is 2.11. The maximum atomic E-state index is 5.88. The quantitative estimate of drug-likeness (QED) is 0.905. The van der Waals surface area contributed by atoms with Crippen molar-refractivity contribution >= 4 is 23.2 Å².